The molecule has 0 fully saturated rings. The van der Waals surface area contributed by atoms with Gasteiger partial charge in [-0.15, -0.1) is 0 Å². The van der Waals surface area contributed by atoms with Gasteiger partial charge in [0.15, 0.2) is 0 Å². The number of nitrogens with one attached hydrogen (secondary N) is 1. The molecule has 0 aliphatic carbocycles. The van der Waals surface area contributed by atoms with Gasteiger partial charge >= 0.3 is 0 Å². The Morgan fingerprint density at radius 2 is 2.07 bits per heavy atom. The molecule has 0 aromatic carbocycles. The van der Waals surface area contributed by atoms with Crippen LogP contribution in [0.15, 0.2) is 16.8 Å². The minimum atomic E-state index is -0.0287. The van der Waals surface area contributed by atoms with E-state index in [0.717, 1.165) is 12.2 Å². The summed E-state index contributed by atoms with van der Waals surface area (Å²) in [5.74, 6) is 0.228. The molecule has 14 heavy (non-hydrogen) atoms. The predicted octanol–water partition coefficient (Wildman–Crippen LogP) is 1.04. The van der Waals surface area contributed by atoms with Crippen molar-refractivity contribution in [3.8, 4) is 0 Å². The second kappa shape index (κ2) is 5.42. The number of amidine groups is 1. The van der Waals surface area contributed by atoms with E-state index in [2.05, 4.69) is 31.1 Å². The molecule has 0 aromatic rings. The van der Waals surface area contributed by atoms with E-state index in [9.17, 15) is 4.79 Å². The van der Waals surface area contributed by atoms with E-state index in [1.165, 1.54) is 0 Å². The molecule has 0 spiro atoms. The van der Waals surface area contributed by atoms with E-state index in [0.29, 0.717) is 6.41 Å². The fraction of sp³-hybridized carbons (Fsp3) is 0.600. The van der Waals surface area contributed by atoms with Gasteiger partial charge in [-0.2, -0.15) is 4.99 Å². The van der Waals surface area contributed by atoms with Gasteiger partial charge in [0.2, 0.25) is 6.41 Å². The molecule has 3 N–H and O–H groups in total. The molecule has 0 saturated heterocycles. The van der Waals surface area contributed by atoms with Crippen LogP contribution in [-0.4, -0.2) is 18.8 Å². The van der Waals surface area contributed by atoms with Gasteiger partial charge in [0.25, 0.3) is 0 Å². The molecule has 4 nitrogen and oxygen atoms in total. The van der Waals surface area contributed by atoms with Gasteiger partial charge < -0.3 is 11.1 Å². The summed E-state index contributed by atoms with van der Waals surface area (Å²) in [6.07, 6.45) is 2.13. The quantitative estimate of drug-likeness (QED) is 0.402. The van der Waals surface area contributed by atoms with Gasteiger partial charge in [-0.05, 0) is 13.0 Å². The third kappa shape index (κ3) is 4.64. The molecule has 0 saturated carbocycles. The number of hydrogen-bond donors (Lipinski definition) is 2. The van der Waals surface area contributed by atoms with Crippen LogP contribution in [0.2, 0.25) is 0 Å². The maximum Gasteiger partial charge on any atom is 0.234 e. The van der Waals surface area contributed by atoms with Crippen LogP contribution < -0.4 is 11.1 Å². The van der Waals surface area contributed by atoms with Crippen molar-refractivity contribution in [2.75, 3.05) is 6.54 Å². The van der Waals surface area contributed by atoms with Crippen LogP contribution in [0.1, 0.15) is 27.7 Å². The molecule has 1 amide bonds. The lowest BCUT2D eigenvalue weighted by atomic mass is 9.91. The van der Waals surface area contributed by atoms with Crippen LogP contribution in [-0.2, 0) is 4.79 Å². The first kappa shape index (κ1) is 12.7. The minimum absolute atomic E-state index is 0.0287. The Hall–Kier alpha value is -1.32. The molecule has 0 aliphatic heterocycles. The summed E-state index contributed by atoms with van der Waals surface area (Å²) in [7, 11) is 0. The maximum atomic E-state index is 10.1. The summed E-state index contributed by atoms with van der Waals surface area (Å²) in [6, 6.07) is 0. The molecule has 0 rings (SSSR count). The van der Waals surface area contributed by atoms with Crippen LogP contribution in [0.3, 0.4) is 0 Å². The summed E-state index contributed by atoms with van der Waals surface area (Å²) in [5.41, 5.74) is 6.46. The molecule has 4 heteroatoms. The Kier molecular flexibility index (Phi) is 4.91. The van der Waals surface area contributed by atoms with Gasteiger partial charge in [0, 0.05) is 17.7 Å². The fourth-order valence-electron chi connectivity index (χ4n) is 0.969. The maximum absolute atomic E-state index is 10.1. The number of hydrogen-bond acceptors (Lipinski definition) is 2. The molecule has 0 unspecified atom stereocenters. The molecule has 0 aromatic heterocycles. The van der Waals surface area contributed by atoms with Crippen molar-refractivity contribution in [2.45, 2.75) is 27.7 Å². The second-order valence-electron chi connectivity index (χ2n) is 4.00. The lowest BCUT2D eigenvalue weighted by molar-refractivity contribution is -0.106. The standard InChI is InChI=1S/C10H19N3O/c1-5-12-8(10(2,3)4)6-9(11)13-7-14/h6-7,12H,5H2,1-4H3,(H2,11,13,14)/b8-6-. The fourth-order valence-corrected chi connectivity index (χ4v) is 0.969. The summed E-state index contributed by atoms with van der Waals surface area (Å²) < 4.78 is 0. The average Bonchev–Trinajstić information content (AvgIpc) is 2.02. The molecule has 0 heterocycles. The molecule has 0 aliphatic rings. The van der Waals surface area contributed by atoms with Crippen LogP contribution in [0, 0.1) is 5.41 Å². The molecule has 0 radical (unpaired) electrons. The monoisotopic (exact) mass is 197 g/mol. The Labute approximate surface area is 85.3 Å². The predicted molar refractivity (Wildman–Crippen MR) is 58.9 cm³/mol. The lowest BCUT2D eigenvalue weighted by Gasteiger charge is -2.23. The van der Waals surface area contributed by atoms with E-state index < -0.39 is 0 Å². The van der Waals surface area contributed by atoms with Crippen LogP contribution in [0.5, 0.6) is 0 Å². The molecule has 80 valence electrons. The Morgan fingerprint density at radius 1 is 1.50 bits per heavy atom. The van der Waals surface area contributed by atoms with Crippen molar-refractivity contribution in [3.05, 3.63) is 11.8 Å². The number of rotatable bonds is 4. The number of amides is 1. The van der Waals surface area contributed by atoms with Gasteiger partial charge in [0.1, 0.15) is 5.84 Å². The van der Waals surface area contributed by atoms with E-state index in [1.54, 1.807) is 6.08 Å². The third-order valence-corrected chi connectivity index (χ3v) is 1.67. The molecule has 0 atom stereocenters. The van der Waals surface area contributed by atoms with E-state index in [4.69, 9.17) is 5.73 Å². The van der Waals surface area contributed by atoms with Crippen molar-refractivity contribution < 1.29 is 4.79 Å². The van der Waals surface area contributed by atoms with Crippen molar-refractivity contribution in [1.29, 1.82) is 0 Å². The topological polar surface area (TPSA) is 67.5 Å². The van der Waals surface area contributed by atoms with Crippen LogP contribution in [0.4, 0.5) is 0 Å². The Balaban J connectivity index is 4.81. The van der Waals surface area contributed by atoms with E-state index in [1.807, 2.05) is 6.92 Å². The summed E-state index contributed by atoms with van der Waals surface area (Å²) >= 11 is 0. The number of carbonyl (C=O) groups is 1. The molecular formula is C10H19N3O. The second-order valence-corrected chi connectivity index (χ2v) is 4.00. The number of nitrogens with zero attached hydrogens (tertiary/aromatic N) is 1. The summed E-state index contributed by atoms with van der Waals surface area (Å²) in [5, 5.41) is 3.20. The highest BCUT2D eigenvalue weighted by Crippen LogP contribution is 2.22. The summed E-state index contributed by atoms with van der Waals surface area (Å²) in [4.78, 5) is 13.5. The first-order valence-corrected chi connectivity index (χ1v) is 4.64. The van der Waals surface area contributed by atoms with Crippen LogP contribution >= 0.6 is 0 Å². The number of nitrogens with two attached hydrogens (primary N) is 1. The lowest BCUT2D eigenvalue weighted by Crippen LogP contribution is -2.26. The highest BCUT2D eigenvalue weighted by molar-refractivity contribution is 5.96. The summed E-state index contributed by atoms with van der Waals surface area (Å²) in [6.45, 7) is 9.02. The first-order chi connectivity index (χ1) is 6.41. The SMILES string of the molecule is CCN/C(=C\C(N)=NC=O)C(C)(C)C. The largest absolute Gasteiger partial charge is 0.388 e. The van der Waals surface area contributed by atoms with Crippen molar-refractivity contribution in [2.24, 2.45) is 16.1 Å². The highest BCUT2D eigenvalue weighted by atomic mass is 16.1. The zero-order valence-corrected chi connectivity index (χ0v) is 9.29. The van der Waals surface area contributed by atoms with Crippen LogP contribution in [0.25, 0.3) is 0 Å². The Bertz CT molecular complexity index is 249. The Morgan fingerprint density at radius 3 is 2.43 bits per heavy atom. The van der Waals surface area contributed by atoms with Gasteiger partial charge in [0.05, 0.1) is 0 Å². The zero-order valence-electron chi connectivity index (χ0n) is 9.29. The van der Waals surface area contributed by atoms with Gasteiger partial charge in [-0.1, -0.05) is 20.8 Å². The van der Waals surface area contributed by atoms with Crippen molar-refractivity contribution in [3.63, 3.8) is 0 Å². The smallest absolute Gasteiger partial charge is 0.234 e. The zero-order chi connectivity index (χ0) is 11.2. The number of carbonyl (C=O) groups excluding carboxylic acids is 1. The van der Waals surface area contributed by atoms with E-state index >= 15 is 0 Å². The molecule has 0 bridgehead atoms. The highest BCUT2D eigenvalue weighted by Gasteiger charge is 2.16. The number of allylic oxidation sites excluding steroid dienone is 1. The van der Waals surface area contributed by atoms with E-state index in [-0.39, 0.29) is 11.3 Å². The molecular weight excluding hydrogens is 178 g/mol. The average molecular weight is 197 g/mol. The minimum Gasteiger partial charge on any atom is -0.388 e. The normalized spacial score (nSPS) is 14.0. The van der Waals surface area contributed by atoms with Gasteiger partial charge in [-0.25, -0.2) is 0 Å². The van der Waals surface area contributed by atoms with Crippen molar-refractivity contribution >= 4 is 12.2 Å². The van der Waals surface area contributed by atoms with Crippen molar-refractivity contribution in [1.82, 2.24) is 5.32 Å². The first-order valence-electron chi connectivity index (χ1n) is 4.64. The number of aliphatic imine (C=N–C) groups is 1. The van der Waals surface area contributed by atoms with Gasteiger partial charge in [-0.3, -0.25) is 4.79 Å². The third-order valence-electron chi connectivity index (χ3n) is 1.67.